The van der Waals surface area contributed by atoms with Gasteiger partial charge < -0.3 is 5.32 Å². The molecule has 1 atom stereocenters. The van der Waals surface area contributed by atoms with E-state index >= 15 is 0 Å². The van der Waals surface area contributed by atoms with Crippen molar-refractivity contribution in [2.75, 3.05) is 6.54 Å². The molecule has 0 amide bonds. The highest BCUT2D eigenvalue weighted by Gasteiger charge is 2.13. The molecule has 1 rings (SSSR count). The van der Waals surface area contributed by atoms with Crippen molar-refractivity contribution < 1.29 is 0 Å². The molecule has 86 valence electrons. The van der Waals surface area contributed by atoms with E-state index in [2.05, 4.69) is 40.3 Å². The minimum Gasteiger partial charge on any atom is -0.309 e. The standard InChI is InChI=1S/C13H19N3/c1-5-7-8-13(14-6-2)12-9-10(3)15-16-11(12)4/h9,13-14H,6,8H2,1-4H3. The van der Waals surface area contributed by atoms with Gasteiger partial charge in [-0.2, -0.15) is 10.2 Å². The molecule has 1 unspecified atom stereocenters. The van der Waals surface area contributed by atoms with Crippen LogP contribution >= 0.6 is 0 Å². The molecule has 0 aliphatic carbocycles. The van der Waals surface area contributed by atoms with Crippen molar-refractivity contribution in [1.29, 1.82) is 0 Å². The third kappa shape index (κ3) is 3.32. The highest BCUT2D eigenvalue weighted by Crippen LogP contribution is 2.19. The van der Waals surface area contributed by atoms with E-state index in [-0.39, 0.29) is 6.04 Å². The fraction of sp³-hybridized carbons (Fsp3) is 0.538. The Morgan fingerprint density at radius 1 is 1.38 bits per heavy atom. The molecule has 0 saturated carbocycles. The molecule has 0 aromatic carbocycles. The summed E-state index contributed by atoms with van der Waals surface area (Å²) in [5.74, 6) is 6.05. The van der Waals surface area contributed by atoms with Crippen LogP contribution in [0.4, 0.5) is 0 Å². The van der Waals surface area contributed by atoms with Crippen molar-refractivity contribution in [2.24, 2.45) is 0 Å². The molecule has 1 aromatic heterocycles. The predicted octanol–water partition coefficient (Wildman–Crippen LogP) is 2.16. The summed E-state index contributed by atoms with van der Waals surface area (Å²) >= 11 is 0. The summed E-state index contributed by atoms with van der Waals surface area (Å²) < 4.78 is 0. The molecule has 16 heavy (non-hydrogen) atoms. The zero-order chi connectivity index (χ0) is 12.0. The van der Waals surface area contributed by atoms with Gasteiger partial charge in [-0.25, -0.2) is 0 Å². The van der Waals surface area contributed by atoms with Crippen LogP contribution in [0.3, 0.4) is 0 Å². The summed E-state index contributed by atoms with van der Waals surface area (Å²) in [6.45, 7) is 8.85. The molecule has 0 radical (unpaired) electrons. The van der Waals surface area contributed by atoms with Crippen molar-refractivity contribution >= 4 is 0 Å². The number of rotatable bonds is 4. The molecule has 0 aliphatic rings. The largest absolute Gasteiger partial charge is 0.309 e. The van der Waals surface area contributed by atoms with Crippen LogP contribution in [-0.4, -0.2) is 16.7 Å². The number of hydrogen-bond acceptors (Lipinski definition) is 3. The van der Waals surface area contributed by atoms with Gasteiger partial charge in [0.25, 0.3) is 0 Å². The van der Waals surface area contributed by atoms with Gasteiger partial charge in [0.15, 0.2) is 0 Å². The Labute approximate surface area is 97.7 Å². The third-order valence-corrected chi connectivity index (χ3v) is 2.45. The molecule has 0 fully saturated rings. The first-order valence-corrected chi connectivity index (χ1v) is 5.62. The zero-order valence-corrected chi connectivity index (χ0v) is 10.5. The van der Waals surface area contributed by atoms with Gasteiger partial charge in [0.2, 0.25) is 0 Å². The maximum absolute atomic E-state index is 4.15. The Morgan fingerprint density at radius 2 is 2.12 bits per heavy atom. The molecule has 3 heteroatoms. The molecule has 0 spiro atoms. The van der Waals surface area contributed by atoms with Crippen molar-refractivity contribution in [3.8, 4) is 11.8 Å². The van der Waals surface area contributed by atoms with Crippen LogP contribution in [-0.2, 0) is 0 Å². The first-order valence-electron chi connectivity index (χ1n) is 5.62. The topological polar surface area (TPSA) is 37.8 Å². The third-order valence-electron chi connectivity index (χ3n) is 2.45. The molecule has 1 aromatic rings. The van der Waals surface area contributed by atoms with Gasteiger partial charge in [0, 0.05) is 12.5 Å². The van der Waals surface area contributed by atoms with E-state index < -0.39 is 0 Å². The summed E-state index contributed by atoms with van der Waals surface area (Å²) in [7, 11) is 0. The summed E-state index contributed by atoms with van der Waals surface area (Å²) in [6, 6.07) is 2.35. The Hall–Kier alpha value is -1.40. The zero-order valence-electron chi connectivity index (χ0n) is 10.5. The van der Waals surface area contributed by atoms with Gasteiger partial charge in [0.1, 0.15) is 0 Å². The summed E-state index contributed by atoms with van der Waals surface area (Å²) in [4.78, 5) is 0. The summed E-state index contributed by atoms with van der Waals surface area (Å²) in [5.41, 5.74) is 3.14. The number of nitrogens with one attached hydrogen (secondary N) is 1. The van der Waals surface area contributed by atoms with Crippen LogP contribution in [0.5, 0.6) is 0 Å². The maximum atomic E-state index is 4.15. The van der Waals surface area contributed by atoms with Crippen LogP contribution in [0.25, 0.3) is 0 Å². The van der Waals surface area contributed by atoms with Crippen molar-refractivity contribution in [1.82, 2.24) is 15.5 Å². The highest BCUT2D eigenvalue weighted by atomic mass is 15.1. The van der Waals surface area contributed by atoms with Crippen LogP contribution in [0.15, 0.2) is 6.07 Å². The van der Waals surface area contributed by atoms with Gasteiger partial charge >= 0.3 is 0 Å². The summed E-state index contributed by atoms with van der Waals surface area (Å²) in [5, 5.41) is 11.6. The fourth-order valence-electron chi connectivity index (χ4n) is 1.67. The Kier molecular flexibility index (Phi) is 4.94. The molecule has 1 heterocycles. The number of aryl methyl sites for hydroxylation is 2. The average Bonchev–Trinajstić information content (AvgIpc) is 2.28. The molecular formula is C13H19N3. The quantitative estimate of drug-likeness (QED) is 0.785. The lowest BCUT2D eigenvalue weighted by Gasteiger charge is -2.17. The van der Waals surface area contributed by atoms with E-state index in [9.17, 15) is 0 Å². The van der Waals surface area contributed by atoms with E-state index in [1.165, 1.54) is 5.56 Å². The van der Waals surface area contributed by atoms with E-state index in [1.807, 2.05) is 20.8 Å². The lowest BCUT2D eigenvalue weighted by molar-refractivity contribution is 0.557. The SMILES string of the molecule is CC#CCC(NCC)c1cc(C)nnc1C. The average molecular weight is 217 g/mol. The number of hydrogen-bond donors (Lipinski definition) is 1. The summed E-state index contributed by atoms with van der Waals surface area (Å²) in [6.07, 6.45) is 0.816. The molecule has 1 N–H and O–H groups in total. The lowest BCUT2D eigenvalue weighted by Crippen LogP contribution is -2.22. The Balaban J connectivity index is 2.97. The monoisotopic (exact) mass is 217 g/mol. The van der Waals surface area contributed by atoms with Crippen LogP contribution < -0.4 is 5.32 Å². The van der Waals surface area contributed by atoms with E-state index in [0.717, 1.165) is 24.4 Å². The normalized spacial score (nSPS) is 11.8. The first kappa shape index (κ1) is 12.7. The smallest absolute Gasteiger partial charge is 0.0648 e. The van der Waals surface area contributed by atoms with Gasteiger partial charge in [-0.05, 0) is 38.9 Å². The molecular weight excluding hydrogens is 198 g/mol. The van der Waals surface area contributed by atoms with E-state index in [1.54, 1.807) is 0 Å². The van der Waals surface area contributed by atoms with Crippen molar-refractivity contribution in [2.45, 2.75) is 40.2 Å². The van der Waals surface area contributed by atoms with Gasteiger partial charge in [-0.3, -0.25) is 0 Å². The fourth-order valence-corrected chi connectivity index (χ4v) is 1.67. The van der Waals surface area contributed by atoms with Crippen LogP contribution in [0.1, 0.15) is 43.3 Å². The van der Waals surface area contributed by atoms with Gasteiger partial charge in [-0.1, -0.05) is 6.92 Å². The number of nitrogens with zero attached hydrogens (tertiary/aromatic N) is 2. The van der Waals surface area contributed by atoms with Crippen LogP contribution in [0.2, 0.25) is 0 Å². The Bertz CT molecular complexity index is 401. The second-order valence-corrected chi connectivity index (χ2v) is 3.77. The van der Waals surface area contributed by atoms with Gasteiger partial charge in [0.05, 0.1) is 11.4 Å². The maximum Gasteiger partial charge on any atom is 0.0648 e. The molecule has 0 aliphatic heterocycles. The van der Waals surface area contributed by atoms with Crippen molar-refractivity contribution in [3.63, 3.8) is 0 Å². The van der Waals surface area contributed by atoms with E-state index in [4.69, 9.17) is 0 Å². The lowest BCUT2D eigenvalue weighted by atomic mass is 10.0. The molecule has 3 nitrogen and oxygen atoms in total. The van der Waals surface area contributed by atoms with Crippen LogP contribution in [0, 0.1) is 25.7 Å². The second-order valence-electron chi connectivity index (χ2n) is 3.77. The minimum atomic E-state index is 0.256. The predicted molar refractivity (Wildman–Crippen MR) is 66.0 cm³/mol. The first-order chi connectivity index (χ1) is 7.69. The molecule has 0 bridgehead atoms. The highest BCUT2D eigenvalue weighted by molar-refractivity contribution is 5.25. The van der Waals surface area contributed by atoms with E-state index in [0.29, 0.717) is 0 Å². The Morgan fingerprint density at radius 3 is 2.75 bits per heavy atom. The molecule has 0 saturated heterocycles. The second kappa shape index (κ2) is 6.24. The van der Waals surface area contributed by atoms with Crippen molar-refractivity contribution in [3.05, 3.63) is 23.0 Å². The number of aromatic nitrogens is 2. The minimum absolute atomic E-state index is 0.256. The van der Waals surface area contributed by atoms with Gasteiger partial charge in [-0.15, -0.1) is 11.8 Å².